The van der Waals surface area contributed by atoms with Crippen LogP contribution in [0.5, 0.6) is 0 Å². The van der Waals surface area contributed by atoms with E-state index in [0.717, 1.165) is 32.7 Å². The Hall–Kier alpha value is -0.160. The SMILES string of the molecule is CN(C)CCNC1(CN)CCN(C)CC1. The Balaban J connectivity index is 2.33. The van der Waals surface area contributed by atoms with Crippen LogP contribution in [0, 0.1) is 0 Å². The zero-order valence-electron chi connectivity index (χ0n) is 10.4. The zero-order chi connectivity index (χ0) is 11.3. The first-order chi connectivity index (χ1) is 7.08. The van der Waals surface area contributed by atoms with Gasteiger partial charge in [0.1, 0.15) is 0 Å². The van der Waals surface area contributed by atoms with Crippen molar-refractivity contribution in [3.05, 3.63) is 0 Å². The molecule has 3 N–H and O–H groups in total. The summed E-state index contributed by atoms with van der Waals surface area (Å²) in [6, 6.07) is 0. The summed E-state index contributed by atoms with van der Waals surface area (Å²) in [5.74, 6) is 0. The van der Waals surface area contributed by atoms with Crippen LogP contribution in [0.3, 0.4) is 0 Å². The fraction of sp³-hybridized carbons (Fsp3) is 1.00. The Labute approximate surface area is 93.8 Å². The molecule has 0 aliphatic carbocycles. The van der Waals surface area contributed by atoms with Crippen molar-refractivity contribution >= 4 is 0 Å². The van der Waals surface area contributed by atoms with Crippen LogP contribution in [-0.4, -0.2) is 69.2 Å². The third-order valence-corrected chi connectivity index (χ3v) is 3.39. The molecule has 0 saturated carbocycles. The number of nitrogens with two attached hydrogens (primary N) is 1. The lowest BCUT2D eigenvalue weighted by molar-refractivity contribution is 0.159. The molecular weight excluding hydrogens is 188 g/mol. The van der Waals surface area contributed by atoms with Crippen LogP contribution in [0.15, 0.2) is 0 Å². The largest absolute Gasteiger partial charge is 0.329 e. The smallest absolute Gasteiger partial charge is 0.0328 e. The van der Waals surface area contributed by atoms with Gasteiger partial charge in [-0.25, -0.2) is 0 Å². The van der Waals surface area contributed by atoms with E-state index in [4.69, 9.17) is 5.73 Å². The highest BCUT2D eigenvalue weighted by atomic mass is 15.1. The molecule has 0 amide bonds. The van der Waals surface area contributed by atoms with Crippen LogP contribution >= 0.6 is 0 Å². The molecule has 0 atom stereocenters. The molecule has 1 aliphatic heterocycles. The van der Waals surface area contributed by atoms with Crippen LogP contribution < -0.4 is 11.1 Å². The molecule has 0 bridgehead atoms. The predicted molar refractivity (Wildman–Crippen MR) is 65.1 cm³/mol. The van der Waals surface area contributed by atoms with Gasteiger partial charge in [0, 0.05) is 25.2 Å². The van der Waals surface area contributed by atoms with Crippen molar-refractivity contribution in [3.63, 3.8) is 0 Å². The summed E-state index contributed by atoms with van der Waals surface area (Å²) in [5.41, 5.74) is 6.10. The normalized spacial score (nSPS) is 22.2. The van der Waals surface area contributed by atoms with Crippen LogP contribution in [0.1, 0.15) is 12.8 Å². The van der Waals surface area contributed by atoms with E-state index in [9.17, 15) is 0 Å². The Kier molecular flexibility index (Phi) is 4.99. The summed E-state index contributed by atoms with van der Waals surface area (Å²) >= 11 is 0. The van der Waals surface area contributed by atoms with Gasteiger partial charge in [-0.05, 0) is 47.1 Å². The molecule has 1 saturated heterocycles. The van der Waals surface area contributed by atoms with Gasteiger partial charge in [-0.2, -0.15) is 0 Å². The molecule has 0 aromatic heterocycles. The summed E-state index contributed by atoms with van der Waals surface area (Å²) < 4.78 is 0. The molecule has 1 aliphatic rings. The molecule has 0 radical (unpaired) electrons. The molecule has 15 heavy (non-hydrogen) atoms. The van der Waals surface area contributed by atoms with E-state index in [1.165, 1.54) is 12.8 Å². The summed E-state index contributed by atoms with van der Waals surface area (Å²) in [6.07, 6.45) is 2.35. The number of likely N-dealkylation sites (tertiary alicyclic amines) is 1. The maximum Gasteiger partial charge on any atom is 0.0328 e. The average Bonchev–Trinajstić information content (AvgIpc) is 2.21. The lowest BCUT2D eigenvalue weighted by atomic mass is 9.87. The second-order valence-electron chi connectivity index (χ2n) is 5.02. The number of hydrogen-bond donors (Lipinski definition) is 2. The minimum Gasteiger partial charge on any atom is -0.329 e. The highest BCUT2D eigenvalue weighted by molar-refractivity contribution is 4.93. The maximum absolute atomic E-state index is 5.91. The number of piperidine rings is 1. The molecule has 1 heterocycles. The zero-order valence-corrected chi connectivity index (χ0v) is 10.4. The van der Waals surface area contributed by atoms with E-state index >= 15 is 0 Å². The average molecular weight is 214 g/mol. The van der Waals surface area contributed by atoms with Crippen molar-refractivity contribution in [2.45, 2.75) is 18.4 Å². The topological polar surface area (TPSA) is 44.5 Å². The molecule has 0 aromatic carbocycles. The minimum atomic E-state index is 0.197. The van der Waals surface area contributed by atoms with Crippen LogP contribution in [-0.2, 0) is 0 Å². The van der Waals surface area contributed by atoms with Crippen molar-refractivity contribution in [1.29, 1.82) is 0 Å². The summed E-state index contributed by atoms with van der Waals surface area (Å²) in [7, 11) is 6.39. The van der Waals surface area contributed by atoms with E-state index in [2.05, 4.69) is 36.3 Å². The Morgan fingerprint density at radius 1 is 1.33 bits per heavy atom. The molecular formula is C11H26N4. The second kappa shape index (κ2) is 5.80. The third-order valence-electron chi connectivity index (χ3n) is 3.39. The number of nitrogens with zero attached hydrogens (tertiary/aromatic N) is 2. The maximum atomic E-state index is 5.91. The van der Waals surface area contributed by atoms with Gasteiger partial charge in [-0.3, -0.25) is 0 Å². The monoisotopic (exact) mass is 214 g/mol. The van der Waals surface area contributed by atoms with Crippen molar-refractivity contribution in [3.8, 4) is 0 Å². The molecule has 0 unspecified atom stereocenters. The summed E-state index contributed by atoms with van der Waals surface area (Å²) in [5, 5.41) is 3.64. The van der Waals surface area contributed by atoms with E-state index in [1.807, 2.05) is 0 Å². The Morgan fingerprint density at radius 2 is 1.93 bits per heavy atom. The lowest BCUT2D eigenvalue weighted by Crippen LogP contribution is -2.58. The number of hydrogen-bond acceptors (Lipinski definition) is 4. The minimum absolute atomic E-state index is 0.197. The lowest BCUT2D eigenvalue weighted by Gasteiger charge is -2.41. The van der Waals surface area contributed by atoms with Gasteiger partial charge >= 0.3 is 0 Å². The molecule has 90 valence electrons. The number of rotatable bonds is 5. The van der Waals surface area contributed by atoms with E-state index in [-0.39, 0.29) is 5.54 Å². The quantitative estimate of drug-likeness (QED) is 0.651. The van der Waals surface area contributed by atoms with Crippen molar-refractivity contribution < 1.29 is 0 Å². The Bertz CT molecular complexity index is 173. The molecule has 0 aromatic rings. The fourth-order valence-electron chi connectivity index (χ4n) is 2.04. The standard InChI is InChI=1S/C11H26N4/c1-14(2)9-6-13-11(10-12)4-7-15(3)8-5-11/h13H,4-10,12H2,1-3H3. The highest BCUT2D eigenvalue weighted by Crippen LogP contribution is 2.19. The van der Waals surface area contributed by atoms with Gasteiger partial charge < -0.3 is 20.9 Å². The molecule has 1 rings (SSSR count). The van der Waals surface area contributed by atoms with Crippen LogP contribution in [0.2, 0.25) is 0 Å². The number of likely N-dealkylation sites (N-methyl/N-ethyl adjacent to an activating group) is 1. The van der Waals surface area contributed by atoms with E-state index in [1.54, 1.807) is 0 Å². The van der Waals surface area contributed by atoms with Gasteiger partial charge in [0.15, 0.2) is 0 Å². The van der Waals surface area contributed by atoms with Crippen LogP contribution in [0.4, 0.5) is 0 Å². The Morgan fingerprint density at radius 3 is 2.40 bits per heavy atom. The predicted octanol–water partition coefficient (Wildman–Crippen LogP) is -0.439. The van der Waals surface area contributed by atoms with Gasteiger partial charge in [-0.1, -0.05) is 0 Å². The second-order valence-corrected chi connectivity index (χ2v) is 5.02. The van der Waals surface area contributed by atoms with Crippen molar-refractivity contribution in [1.82, 2.24) is 15.1 Å². The van der Waals surface area contributed by atoms with E-state index in [0.29, 0.717) is 0 Å². The molecule has 4 heteroatoms. The van der Waals surface area contributed by atoms with Crippen molar-refractivity contribution in [2.75, 3.05) is 53.9 Å². The molecule has 1 fully saturated rings. The molecule has 0 spiro atoms. The number of nitrogens with one attached hydrogen (secondary N) is 1. The first-order valence-corrected chi connectivity index (χ1v) is 5.86. The first kappa shape index (κ1) is 12.9. The first-order valence-electron chi connectivity index (χ1n) is 5.86. The molecule has 4 nitrogen and oxygen atoms in total. The van der Waals surface area contributed by atoms with Crippen LogP contribution in [0.25, 0.3) is 0 Å². The highest BCUT2D eigenvalue weighted by Gasteiger charge is 2.31. The van der Waals surface area contributed by atoms with Gasteiger partial charge in [0.05, 0.1) is 0 Å². The fourth-order valence-corrected chi connectivity index (χ4v) is 2.04. The van der Waals surface area contributed by atoms with Gasteiger partial charge in [0.25, 0.3) is 0 Å². The summed E-state index contributed by atoms with van der Waals surface area (Å²) in [6.45, 7) is 5.19. The van der Waals surface area contributed by atoms with Gasteiger partial charge in [0.2, 0.25) is 0 Å². The van der Waals surface area contributed by atoms with Gasteiger partial charge in [-0.15, -0.1) is 0 Å². The summed E-state index contributed by atoms with van der Waals surface area (Å²) in [4.78, 5) is 4.58. The third kappa shape index (κ3) is 4.07. The van der Waals surface area contributed by atoms with Crippen molar-refractivity contribution in [2.24, 2.45) is 5.73 Å². The van der Waals surface area contributed by atoms with E-state index < -0.39 is 0 Å².